The van der Waals surface area contributed by atoms with Crippen molar-refractivity contribution < 1.29 is 22.7 Å². The maximum Gasteiger partial charge on any atom is 0.416 e. The highest BCUT2D eigenvalue weighted by atomic mass is 32.2. The van der Waals surface area contributed by atoms with Gasteiger partial charge in [-0.05, 0) is 17.2 Å². The first kappa shape index (κ1) is 18.8. The molecule has 0 bridgehead atoms. The number of carbonyl (C=O) groups excluding carboxylic acids is 1. The van der Waals surface area contributed by atoms with Crippen LogP contribution < -0.4 is 0 Å². The van der Waals surface area contributed by atoms with E-state index in [2.05, 4.69) is 0 Å². The van der Waals surface area contributed by atoms with Crippen molar-refractivity contribution in [2.24, 2.45) is 0 Å². The number of ether oxygens (including phenoxy) is 1. The summed E-state index contributed by atoms with van der Waals surface area (Å²) in [4.78, 5) is 14.0. The Kier molecular flexibility index (Phi) is 5.88. The third kappa shape index (κ3) is 4.40. The molecule has 1 amide bonds. The number of thioether (sulfide) groups is 1. The number of nitrogens with zero attached hydrogens (tertiary/aromatic N) is 1. The van der Waals surface area contributed by atoms with Gasteiger partial charge >= 0.3 is 6.18 Å². The van der Waals surface area contributed by atoms with Crippen LogP contribution in [0.1, 0.15) is 22.1 Å². The van der Waals surface area contributed by atoms with Crippen molar-refractivity contribution in [3.05, 3.63) is 71.3 Å². The monoisotopic (exact) mass is 381 g/mol. The number of amides is 1. The Morgan fingerprint density at radius 3 is 2.54 bits per heavy atom. The second-order valence-electron chi connectivity index (χ2n) is 5.87. The van der Waals surface area contributed by atoms with E-state index in [0.29, 0.717) is 12.3 Å². The predicted molar refractivity (Wildman–Crippen MR) is 94.5 cm³/mol. The molecule has 0 aliphatic carbocycles. The smallest absolute Gasteiger partial charge is 0.367 e. The summed E-state index contributed by atoms with van der Waals surface area (Å²) < 4.78 is 45.3. The fourth-order valence-corrected chi connectivity index (χ4v) is 4.18. The van der Waals surface area contributed by atoms with Gasteiger partial charge in [0, 0.05) is 12.3 Å². The largest absolute Gasteiger partial charge is 0.416 e. The Labute approximate surface area is 154 Å². The zero-order valence-electron chi connectivity index (χ0n) is 13.9. The molecule has 1 fully saturated rings. The van der Waals surface area contributed by atoms with Crippen molar-refractivity contribution in [2.75, 3.05) is 18.9 Å². The number of halogens is 3. The Bertz CT molecular complexity index is 752. The highest BCUT2D eigenvalue weighted by Gasteiger charge is 2.39. The second-order valence-corrected chi connectivity index (χ2v) is 7.06. The van der Waals surface area contributed by atoms with Crippen molar-refractivity contribution in [2.45, 2.75) is 18.2 Å². The van der Waals surface area contributed by atoms with Gasteiger partial charge in [-0.25, -0.2) is 0 Å². The molecule has 0 saturated carbocycles. The molecule has 1 unspecified atom stereocenters. The molecular formula is C19H18F3NO2S. The van der Waals surface area contributed by atoms with Gasteiger partial charge in [-0.15, -0.1) is 11.8 Å². The van der Waals surface area contributed by atoms with Crippen LogP contribution in [0.25, 0.3) is 0 Å². The van der Waals surface area contributed by atoms with Crippen molar-refractivity contribution >= 4 is 17.7 Å². The average Bonchev–Trinajstić information content (AvgIpc) is 3.11. The minimum atomic E-state index is -4.45. The van der Waals surface area contributed by atoms with Crippen LogP contribution in [0.5, 0.6) is 0 Å². The molecule has 3 nitrogen and oxygen atoms in total. The Balaban J connectivity index is 1.68. The van der Waals surface area contributed by atoms with E-state index in [9.17, 15) is 18.0 Å². The summed E-state index contributed by atoms with van der Waals surface area (Å²) in [6.07, 6.45) is -4.45. The lowest BCUT2D eigenvalue weighted by Gasteiger charge is -2.26. The summed E-state index contributed by atoms with van der Waals surface area (Å²) in [5.74, 6) is 0.300. The number of carbonyl (C=O) groups is 1. The third-order valence-corrected chi connectivity index (χ3v) is 5.32. The van der Waals surface area contributed by atoms with Crippen molar-refractivity contribution in [1.29, 1.82) is 0 Å². The van der Waals surface area contributed by atoms with E-state index in [1.165, 1.54) is 28.8 Å². The summed E-state index contributed by atoms with van der Waals surface area (Å²) in [5, 5.41) is -0.638. The van der Waals surface area contributed by atoms with Crippen molar-refractivity contribution in [3.63, 3.8) is 0 Å². The Morgan fingerprint density at radius 2 is 1.81 bits per heavy atom. The summed E-state index contributed by atoms with van der Waals surface area (Å²) in [7, 11) is 0. The van der Waals surface area contributed by atoms with Gasteiger partial charge in [-0.1, -0.05) is 48.5 Å². The molecule has 1 saturated heterocycles. The summed E-state index contributed by atoms with van der Waals surface area (Å²) >= 11 is 1.34. The lowest BCUT2D eigenvalue weighted by atomic mass is 10.1. The van der Waals surface area contributed by atoms with Gasteiger partial charge in [0.1, 0.15) is 12.0 Å². The summed E-state index contributed by atoms with van der Waals surface area (Å²) in [6, 6.07) is 14.8. The first-order chi connectivity index (χ1) is 12.5. The molecule has 2 aromatic rings. The van der Waals surface area contributed by atoms with E-state index in [1.54, 1.807) is 6.07 Å². The third-order valence-electron chi connectivity index (χ3n) is 4.08. The number of alkyl halides is 3. The van der Waals surface area contributed by atoms with E-state index < -0.39 is 17.1 Å². The lowest BCUT2D eigenvalue weighted by Crippen LogP contribution is -2.34. The Morgan fingerprint density at radius 1 is 1.12 bits per heavy atom. The van der Waals surface area contributed by atoms with Gasteiger partial charge in [0.2, 0.25) is 5.91 Å². The van der Waals surface area contributed by atoms with E-state index in [0.717, 1.165) is 11.6 Å². The van der Waals surface area contributed by atoms with Crippen LogP contribution in [0.15, 0.2) is 54.6 Å². The summed E-state index contributed by atoms with van der Waals surface area (Å²) in [5.41, 5.74) is 0.372. The van der Waals surface area contributed by atoms with Gasteiger partial charge in [0.05, 0.1) is 12.2 Å². The first-order valence-electron chi connectivity index (χ1n) is 8.15. The van der Waals surface area contributed by atoms with E-state index in [-0.39, 0.29) is 24.7 Å². The maximum atomic E-state index is 13.3. The standard InChI is InChI=1S/C19H18F3NO2S/c20-19(21,22)16-9-5-4-8-15(16)18-23(10-11-26-18)17(24)13-25-12-14-6-2-1-3-7-14/h1-9,18H,10-13H2. The lowest BCUT2D eigenvalue weighted by molar-refractivity contribution is -0.141. The summed E-state index contributed by atoms with van der Waals surface area (Å²) in [6.45, 7) is 0.548. The minimum Gasteiger partial charge on any atom is -0.367 e. The molecule has 1 heterocycles. The van der Waals surface area contributed by atoms with E-state index >= 15 is 0 Å². The van der Waals surface area contributed by atoms with Crippen LogP contribution in [0.3, 0.4) is 0 Å². The fraction of sp³-hybridized carbons (Fsp3) is 0.316. The van der Waals surface area contributed by atoms with Crippen LogP contribution in [-0.2, 0) is 22.3 Å². The molecule has 2 aromatic carbocycles. The first-order valence-corrected chi connectivity index (χ1v) is 9.20. The van der Waals surface area contributed by atoms with Gasteiger partial charge in [-0.3, -0.25) is 4.79 Å². The molecular weight excluding hydrogens is 363 g/mol. The SMILES string of the molecule is O=C(COCc1ccccc1)N1CCSC1c1ccccc1C(F)(F)F. The number of hydrogen-bond acceptors (Lipinski definition) is 3. The molecule has 0 spiro atoms. The predicted octanol–water partition coefficient (Wildman–Crippen LogP) is 4.50. The molecule has 0 radical (unpaired) electrons. The zero-order chi connectivity index (χ0) is 18.6. The Hall–Kier alpha value is -1.99. The van der Waals surface area contributed by atoms with Gasteiger partial charge < -0.3 is 9.64 Å². The molecule has 1 aliphatic rings. The highest BCUT2D eigenvalue weighted by Crippen LogP contribution is 2.43. The highest BCUT2D eigenvalue weighted by molar-refractivity contribution is 7.99. The van der Waals surface area contributed by atoms with Crippen LogP contribution in [0.4, 0.5) is 13.2 Å². The molecule has 138 valence electrons. The molecule has 0 N–H and O–H groups in total. The van der Waals surface area contributed by atoms with Gasteiger partial charge in [0.25, 0.3) is 0 Å². The van der Waals surface area contributed by atoms with Crippen molar-refractivity contribution in [3.8, 4) is 0 Å². The van der Waals surface area contributed by atoms with E-state index in [1.807, 2.05) is 30.3 Å². The second kappa shape index (κ2) is 8.14. The molecule has 3 rings (SSSR count). The van der Waals surface area contributed by atoms with Crippen LogP contribution in [-0.4, -0.2) is 29.7 Å². The van der Waals surface area contributed by atoms with Crippen molar-refractivity contribution in [1.82, 2.24) is 4.90 Å². The molecule has 7 heteroatoms. The average molecular weight is 381 g/mol. The molecule has 26 heavy (non-hydrogen) atoms. The minimum absolute atomic E-state index is 0.124. The van der Waals surface area contributed by atoms with Crippen LogP contribution in [0.2, 0.25) is 0 Å². The zero-order valence-corrected chi connectivity index (χ0v) is 14.7. The van der Waals surface area contributed by atoms with Crippen LogP contribution >= 0.6 is 11.8 Å². The van der Waals surface area contributed by atoms with E-state index in [4.69, 9.17) is 4.74 Å². The van der Waals surface area contributed by atoms with Gasteiger partial charge in [0.15, 0.2) is 0 Å². The number of benzene rings is 2. The normalized spacial score (nSPS) is 17.5. The maximum absolute atomic E-state index is 13.3. The fourth-order valence-electron chi connectivity index (χ4n) is 2.87. The molecule has 1 aliphatic heterocycles. The number of rotatable bonds is 5. The molecule has 0 aromatic heterocycles. The van der Waals surface area contributed by atoms with Crippen LogP contribution in [0, 0.1) is 0 Å². The molecule has 1 atom stereocenters. The number of hydrogen-bond donors (Lipinski definition) is 0. The quantitative estimate of drug-likeness (QED) is 0.764. The topological polar surface area (TPSA) is 29.5 Å². The van der Waals surface area contributed by atoms with Gasteiger partial charge in [-0.2, -0.15) is 13.2 Å².